The third-order valence-electron chi connectivity index (χ3n) is 2.49. The zero-order chi connectivity index (χ0) is 11.5. The fourth-order valence-electron chi connectivity index (χ4n) is 1.13. The monoisotopic (exact) mass is 210 g/mol. The van der Waals surface area contributed by atoms with Crippen LogP contribution < -0.4 is 11.1 Å². The smallest absolute Gasteiger partial charge is 0.224 e. The van der Waals surface area contributed by atoms with Crippen molar-refractivity contribution < 1.29 is 9.21 Å². The number of amides is 1. The lowest BCUT2D eigenvalue weighted by Crippen LogP contribution is -2.41. The molecular weight excluding hydrogens is 192 g/mol. The van der Waals surface area contributed by atoms with E-state index in [1.165, 1.54) is 0 Å². The molecule has 0 aromatic carbocycles. The summed E-state index contributed by atoms with van der Waals surface area (Å²) in [6.07, 6.45) is 1.63. The highest BCUT2D eigenvalue weighted by molar-refractivity contribution is 5.80. The summed E-state index contributed by atoms with van der Waals surface area (Å²) in [6, 6.07) is 3.82. The van der Waals surface area contributed by atoms with Crippen molar-refractivity contribution in [2.75, 3.05) is 6.54 Å². The van der Waals surface area contributed by atoms with Crippen LogP contribution in [0.1, 0.15) is 32.6 Å². The Labute approximate surface area is 89.8 Å². The number of hydrogen-bond donors (Lipinski definition) is 2. The first-order valence-corrected chi connectivity index (χ1v) is 5.00. The summed E-state index contributed by atoms with van der Waals surface area (Å²) in [5.41, 5.74) is 4.73. The molecule has 1 amide bonds. The van der Waals surface area contributed by atoms with E-state index in [4.69, 9.17) is 10.2 Å². The van der Waals surface area contributed by atoms with Crippen molar-refractivity contribution in [3.63, 3.8) is 0 Å². The number of rotatable bonds is 5. The molecule has 0 saturated carbocycles. The Kier molecular flexibility index (Phi) is 3.52. The van der Waals surface area contributed by atoms with E-state index in [0.717, 1.165) is 5.76 Å². The van der Waals surface area contributed by atoms with Crippen molar-refractivity contribution in [3.8, 4) is 0 Å². The number of carbonyl (C=O) groups excluding carboxylic acids is 1. The molecule has 0 fully saturated rings. The number of carbonyl (C=O) groups is 1. The van der Waals surface area contributed by atoms with E-state index in [1.54, 1.807) is 6.26 Å². The van der Waals surface area contributed by atoms with E-state index in [2.05, 4.69) is 5.32 Å². The van der Waals surface area contributed by atoms with Gasteiger partial charge in [0.1, 0.15) is 5.76 Å². The first-order valence-electron chi connectivity index (χ1n) is 5.00. The highest BCUT2D eigenvalue weighted by Gasteiger charge is 2.25. The van der Waals surface area contributed by atoms with Gasteiger partial charge in [0.2, 0.25) is 5.91 Å². The lowest BCUT2D eigenvalue weighted by Gasteiger charge is -2.23. The standard InChI is InChI=1S/C11H18N2O2/c1-8(9-5-4-6-15-9)13-7-11(2,3)10(12)14/h4-6,8,13H,7H2,1-3H3,(H2,12,14). The molecule has 84 valence electrons. The number of hydrogen-bond acceptors (Lipinski definition) is 3. The third-order valence-corrected chi connectivity index (χ3v) is 2.49. The van der Waals surface area contributed by atoms with Crippen molar-refractivity contribution in [2.45, 2.75) is 26.8 Å². The second-order valence-electron chi connectivity index (χ2n) is 4.37. The maximum atomic E-state index is 11.1. The Morgan fingerprint density at radius 3 is 2.80 bits per heavy atom. The lowest BCUT2D eigenvalue weighted by atomic mass is 9.92. The molecule has 1 aromatic rings. The molecule has 3 N–H and O–H groups in total. The van der Waals surface area contributed by atoms with Gasteiger partial charge in [-0.05, 0) is 32.9 Å². The second-order valence-corrected chi connectivity index (χ2v) is 4.37. The molecule has 0 radical (unpaired) electrons. The molecule has 0 aliphatic rings. The SMILES string of the molecule is CC(NCC(C)(C)C(N)=O)c1ccco1. The van der Waals surface area contributed by atoms with Gasteiger partial charge in [-0.3, -0.25) is 4.79 Å². The van der Waals surface area contributed by atoms with Gasteiger partial charge in [-0.2, -0.15) is 0 Å². The molecule has 0 spiro atoms. The van der Waals surface area contributed by atoms with Crippen molar-refractivity contribution in [2.24, 2.45) is 11.1 Å². The van der Waals surface area contributed by atoms with Gasteiger partial charge < -0.3 is 15.5 Å². The predicted octanol–water partition coefficient (Wildman–Crippen LogP) is 1.44. The van der Waals surface area contributed by atoms with Gasteiger partial charge in [0.05, 0.1) is 17.7 Å². The van der Waals surface area contributed by atoms with Crippen LogP contribution in [-0.4, -0.2) is 12.5 Å². The topological polar surface area (TPSA) is 68.3 Å². The average Bonchev–Trinajstić information content (AvgIpc) is 2.66. The first kappa shape index (κ1) is 11.8. The number of primary amides is 1. The molecule has 0 bridgehead atoms. The molecular formula is C11H18N2O2. The van der Waals surface area contributed by atoms with Gasteiger partial charge in [-0.25, -0.2) is 0 Å². The highest BCUT2D eigenvalue weighted by Crippen LogP contribution is 2.17. The molecule has 1 heterocycles. The summed E-state index contributed by atoms with van der Waals surface area (Å²) in [6.45, 7) is 6.15. The summed E-state index contributed by atoms with van der Waals surface area (Å²) in [5, 5.41) is 3.21. The third kappa shape index (κ3) is 3.09. The zero-order valence-corrected chi connectivity index (χ0v) is 9.41. The summed E-state index contributed by atoms with van der Waals surface area (Å²) < 4.78 is 5.24. The summed E-state index contributed by atoms with van der Waals surface area (Å²) >= 11 is 0. The highest BCUT2D eigenvalue weighted by atomic mass is 16.3. The fraction of sp³-hybridized carbons (Fsp3) is 0.545. The molecule has 0 aliphatic carbocycles. The van der Waals surface area contributed by atoms with E-state index < -0.39 is 5.41 Å². The largest absolute Gasteiger partial charge is 0.468 e. The number of furan rings is 1. The van der Waals surface area contributed by atoms with Gasteiger partial charge in [0, 0.05) is 6.54 Å². The Bertz CT molecular complexity index is 317. The van der Waals surface area contributed by atoms with E-state index in [1.807, 2.05) is 32.9 Å². The molecule has 4 heteroatoms. The average molecular weight is 210 g/mol. The van der Waals surface area contributed by atoms with Gasteiger partial charge in [-0.15, -0.1) is 0 Å². The molecule has 1 aromatic heterocycles. The number of nitrogens with two attached hydrogens (primary N) is 1. The van der Waals surface area contributed by atoms with E-state index in [0.29, 0.717) is 6.54 Å². The predicted molar refractivity (Wildman–Crippen MR) is 58.1 cm³/mol. The van der Waals surface area contributed by atoms with Gasteiger partial charge >= 0.3 is 0 Å². The normalized spacial score (nSPS) is 13.8. The van der Waals surface area contributed by atoms with Gasteiger partial charge in [-0.1, -0.05) is 0 Å². The van der Waals surface area contributed by atoms with Crippen LogP contribution >= 0.6 is 0 Å². The minimum absolute atomic E-state index is 0.0821. The Morgan fingerprint density at radius 2 is 2.33 bits per heavy atom. The van der Waals surface area contributed by atoms with Crippen LogP contribution in [-0.2, 0) is 4.79 Å². The van der Waals surface area contributed by atoms with Crippen molar-refractivity contribution in [1.29, 1.82) is 0 Å². The van der Waals surface area contributed by atoms with Crippen LogP contribution in [0.3, 0.4) is 0 Å². The van der Waals surface area contributed by atoms with Crippen molar-refractivity contribution in [1.82, 2.24) is 5.32 Å². The Balaban J connectivity index is 2.47. The molecule has 1 unspecified atom stereocenters. The molecule has 0 aliphatic heterocycles. The van der Waals surface area contributed by atoms with Gasteiger partial charge in [0.15, 0.2) is 0 Å². The lowest BCUT2D eigenvalue weighted by molar-refractivity contribution is -0.125. The second kappa shape index (κ2) is 4.49. The van der Waals surface area contributed by atoms with E-state index >= 15 is 0 Å². The summed E-state index contributed by atoms with van der Waals surface area (Å²) in [4.78, 5) is 11.1. The van der Waals surface area contributed by atoms with Crippen LogP contribution in [0.25, 0.3) is 0 Å². The van der Waals surface area contributed by atoms with Crippen LogP contribution in [0.4, 0.5) is 0 Å². The van der Waals surface area contributed by atoms with Crippen LogP contribution in [0, 0.1) is 5.41 Å². The van der Waals surface area contributed by atoms with E-state index in [-0.39, 0.29) is 11.9 Å². The first-order chi connectivity index (χ1) is 6.93. The fourth-order valence-corrected chi connectivity index (χ4v) is 1.13. The van der Waals surface area contributed by atoms with Crippen molar-refractivity contribution in [3.05, 3.63) is 24.2 Å². The molecule has 1 atom stereocenters. The molecule has 1 rings (SSSR count). The van der Waals surface area contributed by atoms with Gasteiger partial charge in [0.25, 0.3) is 0 Å². The van der Waals surface area contributed by atoms with Crippen LogP contribution in [0.5, 0.6) is 0 Å². The van der Waals surface area contributed by atoms with Crippen molar-refractivity contribution >= 4 is 5.91 Å². The molecule has 0 saturated heterocycles. The molecule has 15 heavy (non-hydrogen) atoms. The molecule has 4 nitrogen and oxygen atoms in total. The summed E-state index contributed by atoms with van der Waals surface area (Å²) in [5.74, 6) is 0.553. The van der Waals surface area contributed by atoms with E-state index in [9.17, 15) is 4.79 Å². The minimum Gasteiger partial charge on any atom is -0.468 e. The van der Waals surface area contributed by atoms with Crippen LogP contribution in [0.15, 0.2) is 22.8 Å². The maximum Gasteiger partial charge on any atom is 0.224 e. The Morgan fingerprint density at radius 1 is 1.67 bits per heavy atom. The van der Waals surface area contributed by atoms with Crippen LogP contribution in [0.2, 0.25) is 0 Å². The minimum atomic E-state index is -0.541. The summed E-state index contributed by atoms with van der Waals surface area (Å²) in [7, 11) is 0. The zero-order valence-electron chi connectivity index (χ0n) is 9.41. The Hall–Kier alpha value is -1.29. The number of nitrogens with one attached hydrogen (secondary N) is 1. The quantitative estimate of drug-likeness (QED) is 0.772. The maximum absolute atomic E-state index is 11.1.